The minimum atomic E-state index is -0.0667. The molecule has 0 saturated heterocycles. The first kappa shape index (κ1) is 13.4. The molecule has 0 atom stereocenters. The molecule has 0 aliphatic rings. The van der Waals surface area contributed by atoms with Crippen LogP contribution in [0.5, 0.6) is 6.01 Å². The van der Waals surface area contributed by atoms with E-state index in [0.717, 1.165) is 0 Å². The van der Waals surface area contributed by atoms with Crippen molar-refractivity contribution in [1.29, 1.82) is 0 Å². The van der Waals surface area contributed by atoms with Crippen molar-refractivity contribution in [1.82, 2.24) is 19.9 Å². The van der Waals surface area contributed by atoms with Gasteiger partial charge < -0.3 is 14.5 Å². The first-order valence-electron chi connectivity index (χ1n) is 4.81. The number of amides is 1. The molecule has 1 amide bonds. The van der Waals surface area contributed by atoms with Gasteiger partial charge in [-0.05, 0) is 11.6 Å². The molecular formula is C9H14ClN5O2. The molecule has 1 rings (SSSR count). The molecule has 7 nitrogen and oxygen atoms in total. The second-order valence-corrected chi connectivity index (χ2v) is 3.87. The van der Waals surface area contributed by atoms with Crippen LogP contribution >= 0.6 is 11.6 Å². The largest absolute Gasteiger partial charge is 0.467 e. The maximum atomic E-state index is 11.5. The zero-order valence-electron chi connectivity index (χ0n) is 10.1. The molecule has 0 unspecified atom stereocenters. The minimum absolute atomic E-state index is 0.0241. The van der Waals surface area contributed by atoms with Crippen molar-refractivity contribution in [3.8, 4) is 6.01 Å². The highest BCUT2D eigenvalue weighted by atomic mass is 35.5. The van der Waals surface area contributed by atoms with Crippen LogP contribution in [0.3, 0.4) is 0 Å². The Morgan fingerprint density at radius 3 is 2.47 bits per heavy atom. The van der Waals surface area contributed by atoms with Crippen molar-refractivity contribution in [3.05, 3.63) is 5.28 Å². The van der Waals surface area contributed by atoms with Crippen LogP contribution in [0.4, 0.5) is 5.95 Å². The summed E-state index contributed by atoms with van der Waals surface area (Å²) in [6.45, 7) is 0.149. The molecule has 1 aromatic rings. The van der Waals surface area contributed by atoms with E-state index in [9.17, 15) is 4.79 Å². The predicted molar refractivity (Wildman–Crippen MR) is 63.4 cm³/mol. The third kappa shape index (κ3) is 3.70. The topological polar surface area (TPSA) is 71.5 Å². The number of carbonyl (C=O) groups excluding carboxylic acids is 1. The van der Waals surface area contributed by atoms with Gasteiger partial charge in [-0.3, -0.25) is 4.79 Å². The number of hydrogen-bond acceptors (Lipinski definition) is 6. The van der Waals surface area contributed by atoms with Crippen LogP contribution in [-0.2, 0) is 4.79 Å². The molecule has 0 fully saturated rings. The zero-order valence-corrected chi connectivity index (χ0v) is 10.9. The Morgan fingerprint density at radius 1 is 1.29 bits per heavy atom. The lowest BCUT2D eigenvalue weighted by atomic mass is 10.5. The molecular weight excluding hydrogens is 246 g/mol. The van der Waals surface area contributed by atoms with E-state index in [1.165, 1.54) is 12.0 Å². The average molecular weight is 260 g/mol. The Hall–Kier alpha value is -1.63. The van der Waals surface area contributed by atoms with E-state index in [1.807, 2.05) is 0 Å². The molecule has 0 N–H and O–H groups in total. The van der Waals surface area contributed by atoms with Crippen LogP contribution in [-0.4, -0.2) is 60.6 Å². The number of halogens is 1. The Kier molecular flexibility index (Phi) is 4.45. The van der Waals surface area contributed by atoms with E-state index in [0.29, 0.717) is 0 Å². The number of hydrogen-bond donors (Lipinski definition) is 0. The number of likely N-dealkylation sites (N-methyl/N-ethyl adjacent to an activating group) is 2. The number of methoxy groups -OCH3 is 1. The van der Waals surface area contributed by atoms with Gasteiger partial charge in [0.25, 0.3) is 0 Å². The van der Waals surface area contributed by atoms with Gasteiger partial charge >= 0.3 is 6.01 Å². The van der Waals surface area contributed by atoms with E-state index in [2.05, 4.69) is 15.0 Å². The van der Waals surface area contributed by atoms with Gasteiger partial charge in [-0.2, -0.15) is 15.0 Å². The summed E-state index contributed by atoms with van der Waals surface area (Å²) in [4.78, 5) is 26.2. The van der Waals surface area contributed by atoms with Gasteiger partial charge in [0.1, 0.15) is 0 Å². The van der Waals surface area contributed by atoms with E-state index >= 15 is 0 Å². The highest BCUT2D eigenvalue weighted by molar-refractivity contribution is 6.28. The van der Waals surface area contributed by atoms with Crippen molar-refractivity contribution in [2.45, 2.75) is 0 Å². The summed E-state index contributed by atoms with van der Waals surface area (Å²) < 4.78 is 4.87. The summed E-state index contributed by atoms with van der Waals surface area (Å²) in [6.07, 6.45) is 0. The second kappa shape index (κ2) is 5.62. The van der Waals surface area contributed by atoms with Crippen LogP contribution in [0.2, 0.25) is 5.28 Å². The number of nitrogens with zero attached hydrogens (tertiary/aromatic N) is 5. The van der Waals surface area contributed by atoms with Crippen LogP contribution in [0.25, 0.3) is 0 Å². The van der Waals surface area contributed by atoms with Gasteiger partial charge in [0.2, 0.25) is 17.1 Å². The SMILES string of the molecule is COc1nc(Cl)nc(N(C)CC(=O)N(C)C)n1. The molecule has 0 radical (unpaired) electrons. The summed E-state index contributed by atoms with van der Waals surface area (Å²) >= 11 is 5.71. The van der Waals surface area contributed by atoms with E-state index in [-0.39, 0.29) is 29.7 Å². The Labute approximate surface area is 104 Å². The van der Waals surface area contributed by atoms with Crippen LogP contribution < -0.4 is 9.64 Å². The lowest BCUT2D eigenvalue weighted by Gasteiger charge is -2.19. The Morgan fingerprint density at radius 2 is 1.94 bits per heavy atom. The van der Waals surface area contributed by atoms with Crippen molar-refractivity contribution < 1.29 is 9.53 Å². The summed E-state index contributed by atoms with van der Waals surface area (Å²) in [7, 11) is 6.47. The smallest absolute Gasteiger partial charge is 0.322 e. The molecule has 0 aliphatic heterocycles. The van der Waals surface area contributed by atoms with Gasteiger partial charge in [-0.25, -0.2) is 0 Å². The zero-order chi connectivity index (χ0) is 13.0. The molecule has 1 aromatic heterocycles. The van der Waals surface area contributed by atoms with Crippen LogP contribution in [0.1, 0.15) is 0 Å². The molecule has 17 heavy (non-hydrogen) atoms. The van der Waals surface area contributed by atoms with Crippen LogP contribution in [0.15, 0.2) is 0 Å². The summed E-state index contributed by atoms with van der Waals surface area (Å²) in [6, 6.07) is 0.115. The third-order valence-electron chi connectivity index (χ3n) is 1.97. The summed E-state index contributed by atoms with van der Waals surface area (Å²) in [5.74, 6) is 0.222. The molecule has 0 saturated carbocycles. The number of carbonyl (C=O) groups is 1. The third-order valence-corrected chi connectivity index (χ3v) is 2.14. The van der Waals surface area contributed by atoms with Gasteiger partial charge in [-0.15, -0.1) is 0 Å². The quantitative estimate of drug-likeness (QED) is 0.761. The van der Waals surface area contributed by atoms with E-state index < -0.39 is 0 Å². The molecule has 0 aliphatic carbocycles. The number of anilines is 1. The standard InChI is InChI=1S/C9H14ClN5O2/c1-14(2)6(16)5-15(3)8-11-7(10)12-9(13-8)17-4/h5H2,1-4H3. The Balaban J connectivity index is 2.84. The van der Waals surface area contributed by atoms with Crippen molar-refractivity contribution in [3.63, 3.8) is 0 Å². The molecule has 0 aromatic carbocycles. The fraction of sp³-hybridized carbons (Fsp3) is 0.556. The molecule has 8 heteroatoms. The molecule has 0 spiro atoms. The molecule has 0 bridgehead atoms. The van der Waals surface area contributed by atoms with E-state index in [1.54, 1.807) is 26.0 Å². The first-order chi connectivity index (χ1) is 7.93. The molecule has 1 heterocycles. The number of ether oxygens (including phenoxy) is 1. The highest BCUT2D eigenvalue weighted by Gasteiger charge is 2.13. The lowest BCUT2D eigenvalue weighted by Crippen LogP contribution is -2.35. The fourth-order valence-electron chi connectivity index (χ4n) is 0.999. The monoisotopic (exact) mass is 259 g/mol. The van der Waals surface area contributed by atoms with Gasteiger partial charge in [0, 0.05) is 21.1 Å². The van der Waals surface area contributed by atoms with Gasteiger partial charge in [0.05, 0.1) is 13.7 Å². The van der Waals surface area contributed by atoms with Crippen molar-refractivity contribution in [2.75, 3.05) is 39.7 Å². The summed E-state index contributed by atoms with van der Waals surface area (Å²) in [5, 5.41) is 0.0241. The van der Waals surface area contributed by atoms with Gasteiger partial charge in [-0.1, -0.05) is 0 Å². The maximum Gasteiger partial charge on any atom is 0.322 e. The highest BCUT2D eigenvalue weighted by Crippen LogP contribution is 2.13. The van der Waals surface area contributed by atoms with Crippen molar-refractivity contribution >= 4 is 23.5 Å². The van der Waals surface area contributed by atoms with Gasteiger partial charge in [0.15, 0.2) is 0 Å². The predicted octanol–water partition coefficient (Wildman–Crippen LogP) is 0.0580. The fourth-order valence-corrected chi connectivity index (χ4v) is 1.15. The maximum absolute atomic E-state index is 11.5. The lowest BCUT2D eigenvalue weighted by molar-refractivity contribution is -0.127. The first-order valence-corrected chi connectivity index (χ1v) is 5.18. The number of rotatable bonds is 4. The van der Waals surface area contributed by atoms with Crippen LogP contribution in [0, 0.1) is 0 Å². The summed E-state index contributed by atoms with van der Waals surface area (Å²) in [5.41, 5.74) is 0. The minimum Gasteiger partial charge on any atom is -0.467 e. The number of aromatic nitrogens is 3. The van der Waals surface area contributed by atoms with E-state index in [4.69, 9.17) is 16.3 Å². The Bertz CT molecular complexity index is 412. The van der Waals surface area contributed by atoms with Crippen molar-refractivity contribution in [2.24, 2.45) is 0 Å². The normalized spacial score (nSPS) is 9.94. The molecule has 94 valence electrons. The average Bonchev–Trinajstić information content (AvgIpc) is 2.27. The second-order valence-electron chi connectivity index (χ2n) is 3.54.